The van der Waals surface area contributed by atoms with Crippen LogP contribution in [0.5, 0.6) is 0 Å². The van der Waals surface area contributed by atoms with E-state index in [9.17, 15) is 0 Å². The Morgan fingerprint density at radius 3 is 2.53 bits per heavy atom. The monoisotopic (exact) mass is 251 g/mol. The minimum atomic E-state index is 0.353. The van der Waals surface area contributed by atoms with Gasteiger partial charge in [-0.05, 0) is 24.0 Å². The van der Waals surface area contributed by atoms with Gasteiger partial charge in [-0.2, -0.15) is 5.10 Å². The third-order valence-electron chi connectivity index (χ3n) is 3.77. The summed E-state index contributed by atoms with van der Waals surface area (Å²) in [4.78, 5) is 8.16. The fraction of sp³-hybridized carbons (Fsp3) is 0.214. The predicted octanol–water partition coefficient (Wildman–Crippen LogP) is 1.75. The van der Waals surface area contributed by atoms with E-state index in [1.165, 1.54) is 17.5 Å². The fourth-order valence-electron chi connectivity index (χ4n) is 2.78. The Hall–Kier alpha value is -2.43. The molecule has 0 saturated carbocycles. The van der Waals surface area contributed by atoms with Gasteiger partial charge in [-0.15, -0.1) is 0 Å². The molecule has 4 rings (SSSR count). The maximum Gasteiger partial charge on any atom is 0.186 e. The summed E-state index contributed by atoms with van der Waals surface area (Å²) in [5, 5.41) is 5.36. The number of nitrogens with zero attached hydrogens (tertiary/aromatic N) is 4. The van der Waals surface area contributed by atoms with Crippen LogP contribution >= 0.6 is 0 Å². The molecule has 2 N–H and O–H groups in total. The normalized spacial score (nSPS) is 14.9. The Bertz CT molecular complexity index is 736. The molecule has 0 amide bonds. The third-order valence-corrected chi connectivity index (χ3v) is 3.77. The number of nitrogen functional groups attached to an aromatic ring is 1. The van der Waals surface area contributed by atoms with E-state index in [2.05, 4.69) is 39.3 Å². The molecule has 0 saturated heterocycles. The molecule has 2 aromatic heterocycles. The summed E-state index contributed by atoms with van der Waals surface area (Å²) < 4.78 is 1.98. The number of nitrogens with two attached hydrogens (primary N) is 1. The van der Waals surface area contributed by atoms with Crippen LogP contribution in [-0.4, -0.2) is 19.7 Å². The summed E-state index contributed by atoms with van der Waals surface area (Å²) in [5.41, 5.74) is 9.33. The van der Waals surface area contributed by atoms with E-state index in [-0.39, 0.29) is 0 Å². The maximum atomic E-state index is 5.85. The second kappa shape index (κ2) is 3.78. The minimum absolute atomic E-state index is 0.353. The Balaban J connectivity index is 1.75. The molecule has 1 aliphatic rings. The van der Waals surface area contributed by atoms with Gasteiger partial charge in [-0.3, -0.25) is 4.68 Å². The molecule has 0 atom stereocenters. The molecular formula is C14H13N5. The first-order chi connectivity index (χ1) is 9.31. The van der Waals surface area contributed by atoms with E-state index in [1.54, 1.807) is 0 Å². The maximum absolute atomic E-state index is 5.85. The van der Waals surface area contributed by atoms with E-state index >= 15 is 0 Å². The van der Waals surface area contributed by atoms with E-state index < -0.39 is 0 Å². The Morgan fingerprint density at radius 2 is 1.84 bits per heavy atom. The van der Waals surface area contributed by atoms with Crippen molar-refractivity contribution in [3.63, 3.8) is 0 Å². The Kier molecular flexibility index (Phi) is 2.09. The van der Waals surface area contributed by atoms with Gasteiger partial charge in [0.15, 0.2) is 5.65 Å². The van der Waals surface area contributed by atoms with Crippen LogP contribution in [0.3, 0.4) is 0 Å². The van der Waals surface area contributed by atoms with Crippen molar-refractivity contribution in [2.24, 2.45) is 0 Å². The van der Waals surface area contributed by atoms with Crippen LogP contribution in [0.4, 0.5) is 5.82 Å². The van der Waals surface area contributed by atoms with Gasteiger partial charge in [-0.25, -0.2) is 9.97 Å². The molecule has 0 aliphatic heterocycles. The molecule has 3 aromatic rings. The first-order valence-corrected chi connectivity index (χ1v) is 6.33. The summed E-state index contributed by atoms with van der Waals surface area (Å²) in [7, 11) is 0. The van der Waals surface area contributed by atoms with E-state index in [0.29, 0.717) is 17.5 Å². The lowest BCUT2D eigenvalue weighted by molar-refractivity contribution is 0.478. The van der Waals surface area contributed by atoms with Gasteiger partial charge in [0.25, 0.3) is 0 Å². The van der Waals surface area contributed by atoms with Crippen molar-refractivity contribution < 1.29 is 0 Å². The van der Waals surface area contributed by atoms with Gasteiger partial charge in [-0.1, -0.05) is 24.3 Å². The Labute approximate surface area is 110 Å². The van der Waals surface area contributed by atoms with Crippen molar-refractivity contribution in [3.8, 4) is 0 Å². The molecule has 1 aliphatic carbocycles. The highest BCUT2D eigenvalue weighted by Gasteiger charge is 2.23. The highest BCUT2D eigenvalue weighted by atomic mass is 15.3. The van der Waals surface area contributed by atoms with E-state index in [0.717, 1.165) is 18.2 Å². The topological polar surface area (TPSA) is 69.6 Å². The SMILES string of the molecule is Nc1ncnc2nn(C3Cc4ccccc4C3)cc12. The first-order valence-electron chi connectivity index (χ1n) is 6.33. The van der Waals surface area contributed by atoms with Crippen molar-refractivity contribution in [2.45, 2.75) is 18.9 Å². The molecule has 5 nitrogen and oxygen atoms in total. The standard InChI is InChI=1S/C14H13N5/c15-13-12-7-19(18-14(12)17-8-16-13)11-5-9-3-1-2-4-10(9)6-11/h1-4,7-8,11H,5-6H2,(H2,15,16,17,18). The van der Waals surface area contributed by atoms with Crippen molar-refractivity contribution in [3.05, 3.63) is 47.9 Å². The lowest BCUT2D eigenvalue weighted by Gasteiger charge is -2.08. The molecule has 2 heterocycles. The van der Waals surface area contributed by atoms with Crippen molar-refractivity contribution in [1.29, 1.82) is 0 Å². The molecule has 5 heteroatoms. The van der Waals surface area contributed by atoms with Gasteiger partial charge in [0.2, 0.25) is 0 Å². The van der Waals surface area contributed by atoms with Crippen LogP contribution in [0.25, 0.3) is 11.0 Å². The third kappa shape index (κ3) is 1.58. The summed E-state index contributed by atoms with van der Waals surface area (Å²) >= 11 is 0. The van der Waals surface area contributed by atoms with Crippen LogP contribution in [-0.2, 0) is 12.8 Å². The quantitative estimate of drug-likeness (QED) is 0.715. The summed E-state index contributed by atoms with van der Waals surface area (Å²) in [6, 6.07) is 8.90. The second-order valence-corrected chi connectivity index (χ2v) is 4.94. The number of anilines is 1. The smallest absolute Gasteiger partial charge is 0.186 e. The highest BCUT2D eigenvalue weighted by molar-refractivity contribution is 5.84. The minimum Gasteiger partial charge on any atom is -0.383 e. The lowest BCUT2D eigenvalue weighted by atomic mass is 10.1. The predicted molar refractivity (Wildman–Crippen MR) is 72.6 cm³/mol. The van der Waals surface area contributed by atoms with Crippen molar-refractivity contribution in [1.82, 2.24) is 19.7 Å². The molecule has 1 aromatic carbocycles. The number of hydrogen-bond donors (Lipinski definition) is 1. The number of benzene rings is 1. The van der Waals surface area contributed by atoms with Crippen LogP contribution in [0, 0.1) is 0 Å². The Morgan fingerprint density at radius 1 is 1.11 bits per heavy atom. The largest absolute Gasteiger partial charge is 0.383 e. The van der Waals surface area contributed by atoms with E-state index in [4.69, 9.17) is 5.73 Å². The molecule has 0 radical (unpaired) electrons. The zero-order valence-corrected chi connectivity index (χ0v) is 10.3. The van der Waals surface area contributed by atoms with Crippen LogP contribution < -0.4 is 5.73 Å². The van der Waals surface area contributed by atoms with Gasteiger partial charge in [0.1, 0.15) is 12.1 Å². The van der Waals surface area contributed by atoms with Gasteiger partial charge >= 0.3 is 0 Å². The molecule has 0 bridgehead atoms. The summed E-state index contributed by atoms with van der Waals surface area (Å²) in [6.45, 7) is 0. The van der Waals surface area contributed by atoms with Crippen LogP contribution in [0.1, 0.15) is 17.2 Å². The van der Waals surface area contributed by atoms with Crippen molar-refractivity contribution in [2.75, 3.05) is 5.73 Å². The highest BCUT2D eigenvalue weighted by Crippen LogP contribution is 2.30. The number of fused-ring (bicyclic) bond motifs is 2. The van der Waals surface area contributed by atoms with Crippen molar-refractivity contribution >= 4 is 16.9 Å². The zero-order chi connectivity index (χ0) is 12.8. The zero-order valence-electron chi connectivity index (χ0n) is 10.3. The molecule has 0 unspecified atom stereocenters. The van der Waals surface area contributed by atoms with E-state index in [1.807, 2.05) is 10.9 Å². The van der Waals surface area contributed by atoms with Crippen LogP contribution in [0.2, 0.25) is 0 Å². The van der Waals surface area contributed by atoms with Crippen LogP contribution in [0.15, 0.2) is 36.8 Å². The second-order valence-electron chi connectivity index (χ2n) is 4.94. The molecule has 19 heavy (non-hydrogen) atoms. The summed E-state index contributed by atoms with van der Waals surface area (Å²) in [5.74, 6) is 0.492. The number of aromatic nitrogens is 4. The molecular weight excluding hydrogens is 238 g/mol. The van der Waals surface area contributed by atoms with Gasteiger partial charge in [0, 0.05) is 6.20 Å². The summed E-state index contributed by atoms with van der Waals surface area (Å²) in [6.07, 6.45) is 5.44. The number of hydrogen-bond acceptors (Lipinski definition) is 4. The first kappa shape index (κ1) is 10.5. The average Bonchev–Trinajstić information content (AvgIpc) is 3.02. The molecule has 0 spiro atoms. The van der Waals surface area contributed by atoms with Gasteiger partial charge in [0.05, 0.1) is 11.4 Å². The fourth-order valence-corrected chi connectivity index (χ4v) is 2.78. The molecule has 0 fully saturated rings. The van der Waals surface area contributed by atoms with Gasteiger partial charge < -0.3 is 5.73 Å². The number of rotatable bonds is 1. The molecule has 94 valence electrons. The average molecular weight is 251 g/mol. The lowest BCUT2D eigenvalue weighted by Crippen LogP contribution is -2.09.